The van der Waals surface area contributed by atoms with Crippen LogP contribution in [0.25, 0.3) is 11.5 Å². The fourth-order valence-corrected chi connectivity index (χ4v) is 2.86. The van der Waals surface area contributed by atoms with Gasteiger partial charge in [0.25, 0.3) is 5.22 Å². The van der Waals surface area contributed by atoms with E-state index in [1.54, 1.807) is 18.5 Å². The van der Waals surface area contributed by atoms with Crippen molar-refractivity contribution in [2.45, 2.75) is 19.1 Å². The number of nitrogens with zero attached hydrogens (tertiary/aromatic N) is 4. The quantitative estimate of drug-likeness (QED) is 0.529. The molecule has 3 aromatic rings. The van der Waals surface area contributed by atoms with Crippen LogP contribution in [0.2, 0.25) is 0 Å². The predicted octanol–water partition coefficient (Wildman–Crippen LogP) is 3.06. The molecule has 7 heteroatoms. The molecule has 0 N–H and O–H groups in total. The van der Waals surface area contributed by atoms with Crippen molar-refractivity contribution < 1.29 is 9.21 Å². The van der Waals surface area contributed by atoms with Gasteiger partial charge in [0.2, 0.25) is 5.89 Å². The number of hydrogen-bond donors (Lipinski definition) is 0. The van der Waals surface area contributed by atoms with Crippen LogP contribution >= 0.6 is 11.8 Å². The molecule has 6 nitrogen and oxygen atoms in total. The van der Waals surface area contributed by atoms with Crippen molar-refractivity contribution in [3.05, 3.63) is 47.5 Å². The van der Waals surface area contributed by atoms with E-state index in [9.17, 15) is 4.79 Å². The zero-order valence-electron chi connectivity index (χ0n) is 13.1. The Kier molecular flexibility index (Phi) is 4.29. The third-order valence-electron chi connectivity index (χ3n) is 3.72. The lowest BCUT2D eigenvalue weighted by Crippen LogP contribution is -2.04. The summed E-state index contributed by atoms with van der Waals surface area (Å²) in [6, 6.07) is 5.56. The second-order valence-electron chi connectivity index (χ2n) is 5.17. The molecule has 118 valence electrons. The summed E-state index contributed by atoms with van der Waals surface area (Å²) >= 11 is 1.24. The standard InChI is InChI=1S/C16H16N4O2S/c1-10-7-13(11(2)20(10)3)14(21)9-23-16-19-18-15(22-16)12-5-4-6-17-8-12/h4-8H,9H2,1-3H3. The Bertz CT molecular complexity index is 839. The minimum absolute atomic E-state index is 0.0531. The monoisotopic (exact) mass is 328 g/mol. The minimum Gasteiger partial charge on any atom is -0.411 e. The Hall–Kier alpha value is -2.41. The number of Topliss-reactive ketones (excluding diaryl/α,β-unsaturated/α-hetero) is 1. The minimum atomic E-state index is 0.0531. The maximum Gasteiger partial charge on any atom is 0.277 e. The number of carbonyl (C=O) groups excluding carboxylic acids is 1. The number of carbonyl (C=O) groups is 1. The van der Waals surface area contributed by atoms with E-state index in [4.69, 9.17) is 4.42 Å². The van der Waals surface area contributed by atoms with Gasteiger partial charge in [0.05, 0.1) is 11.3 Å². The second-order valence-corrected chi connectivity index (χ2v) is 6.10. The summed E-state index contributed by atoms with van der Waals surface area (Å²) in [6.07, 6.45) is 3.33. The number of hydrogen-bond acceptors (Lipinski definition) is 6. The number of pyridine rings is 1. The smallest absolute Gasteiger partial charge is 0.277 e. The normalized spacial score (nSPS) is 10.9. The van der Waals surface area contributed by atoms with Gasteiger partial charge in [-0.3, -0.25) is 9.78 Å². The van der Waals surface area contributed by atoms with Crippen molar-refractivity contribution >= 4 is 17.5 Å². The first kappa shape index (κ1) is 15.5. The Balaban J connectivity index is 1.68. The van der Waals surface area contributed by atoms with E-state index in [2.05, 4.69) is 15.2 Å². The van der Waals surface area contributed by atoms with Gasteiger partial charge < -0.3 is 8.98 Å². The van der Waals surface area contributed by atoms with E-state index >= 15 is 0 Å². The maximum atomic E-state index is 12.3. The molecule has 0 fully saturated rings. The molecular weight excluding hydrogens is 312 g/mol. The molecule has 23 heavy (non-hydrogen) atoms. The highest BCUT2D eigenvalue weighted by Crippen LogP contribution is 2.24. The van der Waals surface area contributed by atoms with Gasteiger partial charge in [0.15, 0.2) is 5.78 Å². The van der Waals surface area contributed by atoms with Gasteiger partial charge in [0.1, 0.15) is 0 Å². The first-order chi connectivity index (χ1) is 11.1. The van der Waals surface area contributed by atoms with E-state index in [1.165, 1.54) is 11.8 Å². The van der Waals surface area contributed by atoms with Gasteiger partial charge in [-0.15, -0.1) is 10.2 Å². The third kappa shape index (κ3) is 3.19. The molecule has 0 saturated carbocycles. The van der Waals surface area contributed by atoms with E-state index in [0.717, 1.165) is 22.5 Å². The van der Waals surface area contributed by atoms with E-state index < -0.39 is 0 Å². The summed E-state index contributed by atoms with van der Waals surface area (Å²) in [4.78, 5) is 16.4. The molecule has 0 aliphatic heterocycles. The van der Waals surface area contributed by atoms with E-state index in [1.807, 2.05) is 37.6 Å². The van der Waals surface area contributed by atoms with Crippen LogP contribution in [0.4, 0.5) is 0 Å². The Morgan fingerprint density at radius 1 is 1.35 bits per heavy atom. The van der Waals surface area contributed by atoms with Crippen molar-refractivity contribution in [1.29, 1.82) is 0 Å². The first-order valence-electron chi connectivity index (χ1n) is 7.09. The van der Waals surface area contributed by atoms with Gasteiger partial charge >= 0.3 is 0 Å². The molecular formula is C16H16N4O2S. The third-order valence-corrected chi connectivity index (χ3v) is 4.54. The second kappa shape index (κ2) is 6.37. The highest BCUT2D eigenvalue weighted by atomic mass is 32.2. The Morgan fingerprint density at radius 3 is 2.83 bits per heavy atom. The van der Waals surface area contributed by atoms with Crippen molar-refractivity contribution in [3.8, 4) is 11.5 Å². The van der Waals surface area contributed by atoms with Gasteiger partial charge in [-0.05, 0) is 32.0 Å². The lowest BCUT2D eigenvalue weighted by molar-refractivity contribution is 0.102. The number of rotatable bonds is 5. The highest BCUT2D eigenvalue weighted by Gasteiger charge is 2.16. The number of ketones is 1. The molecule has 0 bridgehead atoms. The fourth-order valence-electron chi connectivity index (χ4n) is 2.22. The summed E-state index contributed by atoms with van der Waals surface area (Å²) < 4.78 is 7.56. The van der Waals surface area contributed by atoms with Crippen LogP contribution in [0, 0.1) is 13.8 Å². The zero-order chi connectivity index (χ0) is 16.4. The summed E-state index contributed by atoms with van der Waals surface area (Å²) in [5.74, 6) is 0.719. The average molecular weight is 328 g/mol. The molecule has 0 saturated heterocycles. The molecule has 0 spiro atoms. The molecule has 3 aromatic heterocycles. The molecule has 0 unspecified atom stereocenters. The molecule has 0 aromatic carbocycles. The van der Waals surface area contributed by atoms with Crippen LogP contribution in [-0.4, -0.2) is 31.3 Å². The zero-order valence-corrected chi connectivity index (χ0v) is 13.9. The van der Waals surface area contributed by atoms with Crippen molar-refractivity contribution in [2.75, 3.05) is 5.75 Å². The van der Waals surface area contributed by atoms with Crippen LogP contribution in [0.15, 0.2) is 40.2 Å². The SMILES string of the molecule is Cc1cc(C(=O)CSc2nnc(-c3cccnc3)o2)c(C)n1C. The van der Waals surface area contributed by atoms with Gasteiger partial charge in [-0.2, -0.15) is 0 Å². The lowest BCUT2D eigenvalue weighted by Gasteiger charge is -2.01. The van der Waals surface area contributed by atoms with E-state index in [0.29, 0.717) is 11.1 Å². The number of aromatic nitrogens is 4. The summed E-state index contributed by atoms with van der Waals surface area (Å²) in [5, 5.41) is 8.32. The summed E-state index contributed by atoms with van der Waals surface area (Å²) in [7, 11) is 1.95. The van der Waals surface area contributed by atoms with Crippen molar-refractivity contribution in [3.63, 3.8) is 0 Å². The molecule has 0 radical (unpaired) electrons. The molecule has 3 rings (SSSR count). The van der Waals surface area contributed by atoms with Crippen LogP contribution in [-0.2, 0) is 7.05 Å². The molecule has 0 aliphatic rings. The van der Waals surface area contributed by atoms with Crippen LogP contribution in [0.1, 0.15) is 21.7 Å². The van der Waals surface area contributed by atoms with E-state index in [-0.39, 0.29) is 11.5 Å². The molecule has 0 amide bonds. The summed E-state index contributed by atoms with van der Waals surface area (Å²) in [6.45, 7) is 3.92. The Morgan fingerprint density at radius 2 is 2.17 bits per heavy atom. The van der Waals surface area contributed by atoms with Gasteiger partial charge in [-0.25, -0.2) is 0 Å². The summed E-state index contributed by atoms with van der Waals surface area (Å²) in [5.41, 5.74) is 3.53. The van der Waals surface area contributed by atoms with Crippen molar-refractivity contribution in [2.24, 2.45) is 7.05 Å². The van der Waals surface area contributed by atoms with Crippen molar-refractivity contribution in [1.82, 2.24) is 19.7 Å². The Labute approximate surface area is 137 Å². The topological polar surface area (TPSA) is 73.8 Å². The molecule has 3 heterocycles. The molecule has 0 atom stereocenters. The maximum absolute atomic E-state index is 12.3. The molecule has 0 aliphatic carbocycles. The number of aryl methyl sites for hydroxylation is 1. The lowest BCUT2D eigenvalue weighted by atomic mass is 10.2. The first-order valence-corrected chi connectivity index (χ1v) is 8.07. The van der Waals surface area contributed by atoms with Gasteiger partial charge in [-0.1, -0.05) is 11.8 Å². The predicted molar refractivity (Wildman–Crippen MR) is 87.5 cm³/mol. The largest absolute Gasteiger partial charge is 0.411 e. The van der Waals surface area contributed by atoms with Crippen LogP contribution in [0.5, 0.6) is 0 Å². The van der Waals surface area contributed by atoms with Gasteiger partial charge in [0, 0.05) is 36.4 Å². The van der Waals surface area contributed by atoms with Crippen LogP contribution in [0.3, 0.4) is 0 Å². The fraction of sp³-hybridized carbons (Fsp3) is 0.250. The number of thioether (sulfide) groups is 1. The van der Waals surface area contributed by atoms with Crippen LogP contribution < -0.4 is 0 Å². The average Bonchev–Trinajstić information content (AvgIpc) is 3.14. The highest BCUT2D eigenvalue weighted by molar-refractivity contribution is 7.99.